The number of amides is 1. The van der Waals surface area contributed by atoms with E-state index in [1.807, 2.05) is 41.4 Å². The molecule has 2 aliphatic heterocycles. The van der Waals surface area contributed by atoms with Crippen LogP contribution in [-0.2, 0) is 11.3 Å². The van der Waals surface area contributed by atoms with E-state index in [2.05, 4.69) is 20.9 Å². The molecule has 1 N–H and O–H groups in total. The lowest BCUT2D eigenvalue weighted by Crippen LogP contribution is -2.49. The van der Waals surface area contributed by atoms with Gasteiger partial charge in [-0.15, -0.1) is 0 Å². The number of piperidine rings is 1. The van der Waals surface area contributed by atoms with Crippen LogP contribution in [0, 0.1) is 5.92 Å². The third-order valence-electron chi connectivity index (χ3n) is 6.29. The molecular weight excluding hydrogens is 376 g/mol. The molecule has 0 saturated carbocycles. The third kappa shape index (κ3) is 5.51. The van der Waals surface area contributed by atoms with Crippen molar-refractivity contribution in [3.63, 3.8) is 0 Å². The summed E-state index contributed by atoms with van der Waals surface area (Å²) in [6.07, 6.45) is 5.82. The van der Waals surface area contributed by atoms with Gasteiger partial charge in [0.15, 0.2) is 0 Å². The first-order valence-electron chi connectivity index (χ1n) is 11.1. The molecule has 160 valence electrons. The van der Waals surface area contributed by atoms with Crippen LogP contribution in [0.2, 0.25) is 0 Å². The lowest BCUT2D eigenvalue weighted by Gasteiger charge is -2.36. The Morgan fingerprint density at radius 3 is 2.70 bits per heavy atom. The highest BCUT2D eigenvalue weighted by atomic mass is 16.3. The van der Waals surface area contributed by atoms with Gasteiger partial charge in [0.05, 0.1) is 0 Å². The van der Waals surface area contributed by atoms with Crippen molar-refractivity contribution in [2.75, 3.05) is 44.2 Å². The Bertz CT molecular complexity index is 821. The van der Waals surface area contributed by atoms with Crippen molar-refractivity contribution >= 4 is 11.7 Å². The van der Waals surface area contributed by atoms with Crippen LogP contribution in [0.4, 0.5) is 5.82 Å². The fourth-order valence-corrected chi connectivity index (χ4v) is 4.66. The van der Waals surface area contributed by atoms with Gasteiger partial charge in [0.1, 0.15) is 11.6 Å². The van der Waals surface area contributed by atoms with Crippen LogP contribution in [0.15, 0.2) is 48.7 Å². The highest BCUT2D eigenvalue weighted by molar-refractivity contribution is 5.76. The van der Waals surface area contributed by atoms with E-state index in [4.69, 9.17) is 0 Å². The van der Waals surface area contributed by atoms with Crippen molar-refractivity contribution in [3.8, 4) is 5.75 Å². The normalized spacial score (nSPS) is 20.3. The number of carbonyl (C=O) groups is 1. The molecule has 0 spiro atoms. The molecule has 2 saturated heterocycles. The van der Waals surface area contributed by atoms with E-state index in [1.165, 1.54) is 12.8 Å². The average molecular weight is 409 g/mol. The van der Waals surface area contributed by atoms with Gasteiger partial charge in [0, 0.05) is 51.9 Å². The summed E-state index contributed by atoms with van der Waals surface area (Å²) in [4.78, 5) is 23.9. The molecule has 1 aromatic heterocycles. The van der Waals surface area contributed by atoms with E-state index in [0.29, 0.717) is 24.0 Å². The standard InChI is InChI=1S/C24H32N4O2/c29-22-7-3-5-21(17-22)19-26-12-4-6-20(18-26)9-10-24(30)28-15-13-27(14-16-28)23-8-1-2-11-25-23/h1-3,5,7-8,11,17,20,29H,4,6,9-10,12-16,18-19H2/t20-/m1/s1. The monoisotopic (exact) mass is 408 g/mol. The number of hydrogen-bond acceptors (Lipinski definition) is 5. The van der Waals surface area contributed by atoms with Crippen LogP contribution in [0.1, 0.15) is 31.2 Å². The molecule has 30 heavy (non-hydrogen) atoms. The topological polar surface area (TPSA) is 59.9 Å². The van der Waals surface area contributed by atoms with Crippen LogP contribution in [-0.4, -0.2) is 65.1 Å². The second kappa shape index (κ2) is 9.94. The predicted molar refractivity (Wildman–Crippen MR) is 118 cm³/mol. The summed E-state index contributed by atoms with van der Waals surface area (Å²) in [5.41, 5.74) is 1.15. The molecule has 6 nitrogen and oxygen atoms in total. The number of anilines is 1. The zero-order valence-corrected chi connectivity index (χ0v) is 17.6. The molecule has 3 heterocycles. The van der Waals surface area contributed by atoms with Gasteiger partial charge in [-0.2, -0.15) is 0 Å². The molecule has 1 amide bonds. The molecule has 2 fully saturated rings. The Labute approximate surface area is 179 Å². The lowest BCUT2D eigenvalue weighted by molar-refractivity contribution is -0.131. The van der Waals surface area contributed by atoms with Crippen molar-refractivity contribution in [2.24, 2.45) is 5.92 Å². The van der Waals surface area contributed by atoms with Crippen molar-refractivity contribution in [1.29, 1.82) is 0 Å². The van der Waals surface area contributed by atoms with Crippen LogP contribution >= 0.6 is 0 Å². The molecule has 4 rings (SSSR count). The second-order valence-electron chi connectivity index (χ2n) is 8.51. The molecule has 2 aliphatic rings. The Balaban J connectivity index is 1.20. The summed E-state index contributed by atoms with van der Waals surface area (Å²) in [5.74, 6) is 2.20. The Morgan fingerprint density at radius 2 is 1.93 bits per heavy atom. The third-order valence-corrected chi connectivity index (χ3v) is 6.29. The quantitative estimate of drug-likeness (QED) is 0.796. The number of hydrogen-bond donors (Lipinski definition) is 1. The Morgan fingerprint density at radius 1 is 1.07 bits per heavy atom. The first kappa shape index (κ1) is 20.7. The molecular formula is C24H32N4O2. The highest BCUT2D eigenvalue weighted by Gasteiger charge is 2.24. The highest BCUT2D eigenvalue weighted by Crippen LogP contribution is 2.24. The zero-order chi connectivity index (χ0) is 20.8. The van der Waals surface area contributed by atoms with Gasteiger partial charge >= 0.3 is 0 Å². The van der Waals surface area contributed by atoms with E-state index in [9.17, 15) is 9.90 Å². The minimum atomic E-state index is 0.292. The Hall–Kier alpha value is -2.60. The summed E-state index contributed by atoms with van der Waals surface area (Å²) < 4.78 is 0. The molecule has 0 unspecified atom stereocenters. The van der Waals surface area contributed by atoms with E-state index >= 15 is 0 Å². The molecule has 2 aromatic rings. The van der Waals surface area contributed by atoms with Crippen LogP contribution < -0.4 is 4.90 Å². The fraction of sp³-hybridized carbons (Fsp3) is 0.500. The van der Waals surface area contributed by atoms with Gasteiger partial charge in [-0.3, -0.25) is 9.69 Å². The molecule has 0 aliphatic carbocycles. The lowest BCUT2D eigenvalue weighted by atomic mass is 9.92. The number of benzene rings is 1. The predicted octanol–water partition coefficient (Wildman–Crippen LogP) is 3.13. The minimum absolute atomic E-state index is 0.292. The Kier molecular flexibility index (Phi) is 6.84. The number of aromatic hydroxyl groups is 1. The van der Waals surface area contributed by atoms with E-state index in [-0.39, 0.29) is 0 Å². The van der Waals surface area contributed by atoms with Crippen LogP contribution in [0.3, 0.4) is 0 Å². The minimum Gasteiger partial charge on any atom is -0.508 e. The summed E-state index contributed by atoms with van der Waals surface area (Å²) in [6.45, 7) is 6.27. The zero-order valence-electron chi connectivity index (χ0n) is 17.6. The van der Waals surface area contributed by atoms with Crippen molar-refractivity contribution in [3.05, 3.63) is 54.2 Å². The number of piperazine rings is 1. The number of aromatic nitrogens is 1. The molecule has 1 aromatic carbocycles. The fourth-order valence-electron chi connectivity index (χ4n) is 4.66. The van der Waals surface area contributed by atoms with Gasteiger partial charge in [0.25, 0.3) is 0 Å². The molecule has 0 radical (unpaired) electrons. The number of pyridine rings is 1. The van der Waals surface area contributed by atoms with Crippen LogP contribution in [0.5, 0.6) is 5.75 Å². The average Bonchev–Trinajstić information content (AvgIpc) is 2.78. The van der Waals surface area contributed by atoms with Crippen molar-refractivity contribution in [2.45, 2.75) is 32.2 Å². The number of carbonyl (C=O) groups excluding carboxylic acids is 1. The van der Waals surface area contributed by atoms with E-state index in [0.717, 1.165) is 63.6 Å². The summed E-state index contributed by atoms with van der Waals surface area (Å²) in [6, 6.07) is 13.5. The molecule has 0 bridgehead atoms. The number of likely N-dealkylation sites (tertiary alicyclic amines) is 1. The largest absolute Gasteiger partial charge is 0.508 e. The molecule has 1 atom stereocenters. The number of phenols is 1. The first-order chi connectivity index (χ1) is 14.7. The first-order valence-corrected chi connectivity index (χ1v) is 11.1. The summed E-state index contributed by atoms with van der Waals surface area (Å²) >= 11 is 0. The maximum Gasteiger partial charge on any atom is 0.222 e. The van der Waals surface area contributed by atoms with Crippen molar-refractivity contribution in [1.82, 2.24) is 14.8 Å². The maximum atomic E-state index is 12.7. The number of rotatable bonds is 6. The molecule has 6 heteroatoms. The van der Waals surface area contributed by atoms with E-state index in [1.54, 1.807) is 6.07 Å². The summed E-state index contributed by atoms with van der Waals surface area (Å²) in [7, 11) is 0. The van der Waals surface area contributed by atoms with E-state index < -0.39 is 0 Å². The second-order valence-corrected chi connectivity index (χ2v) is 8.51. The van der Waals surface area contributed by atoms with Crippen molar-refractivity contribution < 1.29 is 9.90 Å². The summed E-state index contributed by atoms with van der Waals surface area (Å²) in [5, 5.41) is 9.68. The number of phenolic OH excluding ortho intramolecular Hbond substituents is 1. The smallest absolute Gasteiger partial charge is 0.222 e. The van der Waals surface area contributed by atoms with Gasteiger partial charge in [0.2, 0.25) is 5.91 Å². The number of nitrogens with zero attached hydrogens (tertiary/aromatic N) is 4. The van der Waals surface area contributed by atoms with Gasteiger partial charge in [-0.25, -0.2) is 4.98 Å². The van der Waals surface area contributed by atoms with Crippen LogP contribution in [0.25, 0.3) is 0 Å². The van der Waals surface area contributed by atoms with Gasteiger partial charge in [-0.1, -0.05) is 18.2 Å². The SMILES string of the molecule is O=C(CC[C@H]1CCCN(Cc2cccc(O)c2)C1)N1CCN(c2ccccn2)CC1. The van der Waals surface area contributed by atoms with Gasteiger partial charge in [-0.05, 0) is 61.6 Å². The maximum absolute atomic E-state index is 12.7. The van der Waals surface area contributed by atoms with Gasteiger partial charge < -0.3 is 14.9 Å².